The number of pyridine rings is 1. The van der Waals surface area contributed by atoms with Gasteiger partial charge in [0.2, 0.25) is 0 Å². The van der Waals surface area contributed by atoms with Crippen molar-refractivity contribution in [3.05, 3.63) is 24.0 Å². The van der Waals surface area contributed by atoms with E-state index in [9.17, 15) is 4.79 Å². The van der Waals surface area contributed by atoms with E-state index in [1.807, 2.05) is 12.1 Å². The molecule has 2 aromatic rings. The summed E-state index contributed by atoms with van der Waals surface area (Å²) < 4.78 is 5.95. The van der Waals surface area contributed by atoms with Gasteiger partial charge in [0.15, 0.2) is 11.5 Å². The van der Waals surface area contributed by atoms with Crippen LogP contribution in [0.25, 0.3) is 11.0 Å². The molecular formula is C20H26N4O2. The Morgan fingerprint density at radius 1 is 1.15 bits per heavy atom. The van der Waals surface area contributed by atoms with Crippen LogP contribution < -0.4 is 10.2 Å². The Morgan fingerprint density at radius 2 is 2.04 bits per heavy atom. The van der Waals surface area contributed by atoms with E-state index < -0.39 is 0 Å². The van der Waals surface area contributed by atoms with Gasteiger partial charge in [0.1, 0.15) is 5.69 Å². The molecule has 3 fully saturated rings. The van der Waals surface area contributed by atoms with E-state index in [0.29, 0.717) is 5.69 Å². The SMILES string of the molecule is O=C(N[C@@H]1C[C@H]2CCN(C2)C1)c1cc2cc(N3CCCCC3)oc2cn1. The Hall–Kier alpha value is -2.08. The molecule has 5 heterocycles. The minimum absolute atomic E-state index is 0.0693. The van der Waals surface area contributed by atoms with Crippen molar-refractivity contribution >= 4 is 22.8 Å². The molecule has 0 saturated carbocycles. The van der Waals surface area contributed by atoms with E-state index in [0.717, 1.165) is 48.8 Å². The average molecular weight is 354 g/mol. The normalized spacial score (nSPS) is 28.5. The molecule has 138 valence electrons. The van der Waals surface area contributed by atoms with Gasteiger partial charge < -0.3 is 19.5 Å². The lowest BCUT2D eigenvalue weighted by molar-refractivity contribution is 0.0904. The molecule has 0 aromatic carbocycles. The third-order valence-corrected chi connectivity index (χ3v) is 6.09. The highest BCUT2D eigenvalue weighted by Crippen LogP contribution is 2.29. The van der Waals surface area contributed by atoms with Crippen LogP contribution >= 0.6 is 0 Å². The zero-order chi connectivity index (χ0) is 17.5. The number of nitrogens with one attached hydrogen (secondary N) is 1. The van der Waals surface area contributed by atoms with Gasteiger partial charge in [-0.15, -0.1) is 0 Å². The van der Waals surface area contributed by atoms with E-state index in [-0.39, 0.29) is 11.9 Å². The van der Waals surface area contributed by atoms with Gasteiger partial charge in [-0.05, 0) is 50.6 Å². The van der Waals surface area contributed by atoms with Crippen LogP contribution in [-0.2, 0) is 0 Å². The second kappa shape index (κ2) is 6.58. The van der Waals surface area contributed by atoms with E-state index in [1.54, 1.807) is 6.20 Å². The number of carbonyl (C=O) groups is 1. The van der Waals surface area contributed by atoms with Crippen molar-refractivity contribution in [2.24, 2.45) is 5.92 Å². The lowest BCUT2D eigenvalue weighted by atomic mass is 9.97. The zero-order valence-electron chi connectivity index (χ0n) is 15.1. The maximum Gasteiger partial charge on any atom is 0.270 e. The first-order valence-corrected chi connectivity index (χ1v) is 9.92. The smallest absolute Gasteiger partial charge is 0.270 e. The fourth-order valence-corrected chi connectivity index (χ4v) is 4.75. The van der Waals surface area contributed by atoms with Gasteiger partial charge in [-0.1, -0.05) is 0 Å². The number of amides is 1. The molecule has 2 bridgehead atoms. The second-order valence-corrected chi connectivity index (χ2v) is 8.06. The number of furan rings is 1. The molecule has 1 N–H and O–H groups in total. The summed E-state index contributed by atoms with van der Waals surface area (Å²) in [6, 6.07) is 4.15. The molecule has 0 radical (unpaired) electrons. The van der Waals surface area contributed by atoms with Crippen molar-refractivity contribution in [1.29, 1.82) is 0 Å². The zero-order valence-corrected chi connectivity index (χ0v) is 15.1. The number of rotatable bonds is 3. The van der Waals surface area contributed by atoms with Gasteiger partial charge in [-0.2, -0.15) is 0 Å². The molecule has 3 aliphatic rings. The molecule has 6 nitrogen and oxygen atoms in total. The van der Waals surface area contributed by atoms with Crippen LogP contribution in [0, 0.1) is 5.92 Å². The topological polar surface area (TPSA) is 61.6 Å². The first-order chi connectivity index (χ1) is 12.7. The van der Waals surface area contributed by atoms with Gasteiger partial charge in [-0.3, -0.25) is 4.79 Å². The van der Waals surface area contributed by atoms with E-state index in [4.69, 9.17) is 4.42 Å². The molecule has 6 heteroatoms. The monoisotopic (exact) mass is 354 g/mol. The highest BCUT2D eigenvalue weighted by Gasteiger charge is 2.33. The molecule has 2 aromatic heterocycles. The molecule has 1 unspecified atom stereocenters. The molecule has 3 atom stereocenters. The van der Waals surface area contributed by atoms with Crippen LogP contribution in [0.1, 0.15) is 42.6 Å². The van der Waals surface area contributed by atoms with Crippen LogP contribution in [0.15, 0.2) is 22.7 Å². The number of hydrogen-bond donors (Lipinski definition) is 1. The van der Waals surface area contributed by atoms with Crippen molar-refractivity contribution in [2.75, 3.05) is 37.6 Å². The Balaban J connectivity index is 1.31. The summed E-state index contributed by atoms with van der Waals surface area (Å²) in [5.41, 5.74) is 1.24. The third kappa shape index (κ3) is 3.07. The summed E-state index contributed by atoms with van der Waals surface area (Å²) in [5.74, 6) is 1.57. The second-order valence-electron chi connectivity index (χ2n) is 8.06. The Morgan fingerprint density at radius 3 is 2.88 bits per heavy atom. The maximum absolute atomic E-state index is 12.7. The van der Waals surface area contributed by atoms with Gasteiger partial charge in [0.05, 0.1) is 6.20 Å². The number of nitrogens with zero attached hydrogens (tertiary/aromatic N) is 3. The number of fused-ring (bicyclic) bond motifs is 3. The first-order valence-electron chi connectivity index (χ1n) is 9.92. The molecule has 1 amide bonds. The number of aromatic nitrogens is 1. The molecule has 3 aliphatic heterocycles. The molecule has 0 spiro atoms. The molecular weight excluding hydrogens is 328 g/mol. The Labute approximate surface area is 153 Å². The summed E-state index contributed by atoms with van der Waals surface area (Å²) in [7, 11) is 0. The molecule has 3 saturated heterocycles. The number of piperidine rings is 2. The quantitative estimate of drug-likeness (QED) is 0.918. The standard InChI is InChI=1S/C20H26N4O2/c25-20(22-16-8-14-4-7-23(12-14)13-16)17-9-15-10-19(26-18(15)11-21-17)24-5-2-1-3-6-24/h9-11,14,16H,1-8,12-13H2,(H,22,25)/t14-,16-/m1/s1. The largest absolute Gasteiger partial charge is 0.439 e. The summed E-state index contributed by atoms with van der Waals surface area (Å²) >= 11 is 0. The average Bonchev–Trinajstić information content (AvgIpc) is 3.24. The van der Waals surface area contributed by atoms with Crippen LogP contribution in [0.4, 0.5) is 5.88 Å². The van der Waals surface area contributed by atoms with E-state index in [1.165, 1.54) is 38.8 Å². The van der Waals surface area contributed by atoms with Crippen LogP contribution in [0.3, 0.4) is 0 Å². The highest BCUT2D eigenvalue weighted by molar-refractivity contribution is 5.96. The molecule has 0 aliphatic carbocycles. The van der Waals surface area contributed by atoms with Crippen LogP contribution in [-0.4, -0.2) is 54.6 Å². The van der Waals surface area contributed by atoms with Gasteiger partial charge in [0, 0.05) is 43.7 Å². The minimum atomic E-state index is -0.0693. The summed E-state index contributed by atoms with van der Waals surface area (Å²) in [6.07, 6.45) is 7.76. The minimum Gasteiger partial charge on any atom is -0.439 e. The molecule has 5 rings (SSSR count). The lowest BCUT2D eigenvalue weighted by Crippen LogP contribution is -2.47. The number of anilines is 1. The van der Waals surface area contributed by atoms with Gasteiger partial charge in [0.25, 0.3) is 5.91 Å². The third-order valence-electron chi connectivity index (χ3n) is 6.09. The van der Waals surface area contributed by atoms with Crippen molar-refractivity contribution in [3.8, 4) is 0 Å². The van der Waals surface area contributed by atoms with E-state index >= 15 is 0 Å². The summed E-state index contributed by atoms with van der Waals surface area (Å²) in [5, 5.41) is 4.14. The maximum atomic E-state index is 12.7. The summed E-state index contributed by atoms with van der Waals surface area (Å²) in [6.45, 7) is 5.43. The fraction of sp³-hybridized carbons (Fsp3) is 0.600. The summed E-state index contributed by atoms with van der Waals surface area (Å²) in [4.78, 5) is 21.8. The Bertz CT molecular complexity index is 799. The fourth-order valence-electron chi connectivity index (χ4n) is 4.75. The highest BCUT2D eigenvalue weighted by atomic mass is 16.4. The predicted molar refractivity (Wildman–Crippen MR) is 100 cm³/mol. The van der Waals surface area contributed by atoms with E-state index in [2.05, 4.69) is 20.1 Å². The van der Waals surface area contributed by atoms with Crippen LogP contribution in [0.2, 0.25) is 0 Å². The van der Waals surface area contributed by atoms with Crippen LogP contribution in [0.5, 0.6) is 0 Å². The van der Waals surface area contributed by atoms with Crippen molar-refractivity contribution < 1.29 is 9.21 Å². The first kappa shape index (κ1) is 16.1. The van der Waals surface area contributed by atoms with Gasteiger partial charge in [-0.25, -0.2) is 4.98 Å². The van der Waals surface area contributed by atoms with Crippen molar-refractivity contribution in [3.63, 3.8) is 0 Å². The number of carbonyl (C=O) groups excluding carboxylic acids is 1. The van der Waals surface area contributed by atoms with Crippen molar-refractivity contribution in [1.82, 2.24) is 15.2 Å². The molecule has 26 heavy (non-hydrogen) atoms. The van der Waals surface area contributed by atoms with Gasteiger partial charge >= 0.3 is 0 Å². The predicted octanol–water partition coefficient (Wildman–Crippen LogP) is 2.64. The number of hydrogen-bond acceptors (Lipinski definition) is 5. The lowest BCUT2D eigenvalue weighted by Gasteiger charge is -2.30. The Kier molecular flexibility index (Phi) is 4.08. The van der Waals surface area contributed by atoms with Crippen molar-refractivity contribution in [2.45, 2.75) is 38.1 Å².